The molecule has 0 amide bonds. The Morgan fingerprint density at radius 1 is 1.17 bits per heavy atom. The van der Waals surface area contributed by atoms with Gasteiger partial charge in [-0.05, 0) is 30.9 Å². The number of imidazole rings is 1. The summed E-state index contributed by atoms with van der Waals surface area (Å²) < 4.78 is 5.63. The fourth-order valence-electron chi connectivity index (χ4n) is 3.62. The van der Waals surface area contributed by atoms with Gasteiger partial charge in [-0.1, -0.05) is 24.3 Å². The van der Waals surface area contributed by atoms with Gasteiger partial charge in [-0.3, -0.25) is 0 Å². The molecule has 3 heterocycles. The Labute approximate surface area is 140 Å². The van der Waals surface area contributed by atoms with Crippen molar-refractivity contribution < 1.29 is 4.74 Å². The predicted molar refractivity (Wildman–Crippen MR) is 93.1 cm³/mol. The van der Waals surface area contributed by atoms with Crippen molar-refractivity contribution in [1.82, 2.24) is 19.9 Å². The van der Waals surface area contributed by atoms with E-state index in [1.54, 1.807) is 12.7 Å². The number of hydrogen-bond donors (Lipinski definition) is 2. The highest BCUT2D eigenvalue weighted by atomic mass is 16.5. The molecule has 1 saturated heterocycles. The number of aryl methyl sites for hydroxylation is 1. The molecule has 4 rings (SSSR count). The molecule has 2 aromatic heterocycles. The van der Waals surface area contributed by atoms with Gasteiger partial charge in [-0.25, -0.2) is 15.0 Å². The monoisotopic (exact) mass is 323 g/mol. The Hall–Kier alpha value is -2.47. The number of aromatic nitrogens is 4. The molecule has 1 aromatic carbocycles. The van der Waals surface area contributed by atoms with E-state index in [2.05, 4.69) is 56.4 Å². The zero-order chi connectivity index (χ0) is 16.4. The number of anilines is 1. The van der Waals surface area contributed by atoms with Crippen molar-refractivity contribution in [1.29, 1.82) is 0 Å². The number of aromatic amines is 1. The quantitative estimate of drug-likeness (QED) is 0.772. The molecule has 0 aliphatic carbocycles. The first-order chi connectivity index (χ1) is 11.8. The number of fused-ring (bicyclic) bond motifs is 1. The second kappa shape index (κ2) is 6.20. The van der Waals surface area contributed by atoms with Crippen LogP contribution in [0.3, 0.4) is 0 Å². The van der Waals surface area contributed by atoms with Gasteiger partial charge in [-0.15, -0.1) is 0 Å². The minimum Gasteiger partial charge on any atom is -0.381 e. The highest BCUT2D eigenvalue weighted by Gasteiger charge is 2.35. The van der Waals surface area contributed by atoms with Crippen LogP contribution in [0.15, 0.2) is 36.9 Å². The van der Waals surface area contributed by atoms with Crippen LogP contribution in [0.5, 0.6) is 0 Å². The summed E-state index contributed by atoms with van der Waals surface area (Å²) in [4.78, 5) is 15.9. The van der Waals surface area contributed by atoms with E-state index in [4.69, 9.17) is 4.74 Å². The van der Waals surface area contributed by atoms with Crippen LogP contribution in [-0.4, -0.2) is 39.7 Å². The summed E-state index contributed by atoms with van der Waals surface area (Å²) in [6, 6.07) is 8.65. The summed E-state index contributed by atoms with van der Waals surface area (Å²) >= 11 is 0. The molecule has 6 nitrogen and oxygen atoms in total. The molecule has 0 unspecified atom stereocenters. The van der Waals surface area contributed by atoms with Gasteiger partial charge in [-0.2, -0.15) is 0 Å². The van der Waals surface area contributed by atoms with Gasteiger partial charge in [0.2, 0.25) is 0 Å². The SMILES string of the molecule is Cc1ccccc1C1(CNc2ncnc3nc[nH]c23)CCOCC1. The highest BCUT2D eigenvalue weighted by molar-refractivity contribution is 5.81. The molecule has 1 aliphatic heterocycles. The Bertz CT molecular complexity index is 838. The van der Waals surface area contributed by atoms with Crippen molar-refractivity contribution >= 4 is 17.0 Å². The lowest BCUT2D eigenvalue weighted by Crippen LogP contribution is -2.40. The van der Waals surface area contributed by atoms with E-state index < -0.39 is 0 Å². The van der Waals surface area contributed by atoms with Crippen LogP contribution in [-0.2, 0) is 10.2 Å². The zero-order valence-corrected chi connectivity index (χ0v) is 13.7. The minimum atomic E-state index is 0.0564. The Balaban J connectivity index is 1.66. The standard InChI is InChI=1S/C18H21N5O/c1-13-4-2-3-5-14(13)18(6-8-24-9-7-18)10-19-16-15-17(21-11-20-15)23-12-22-16/h2-5,11-12H,6-10H2,1H3,(H2,19,20,21,22,23). The summed E-state index contributed by atoms with van der Waals surface area (Å²) in [5, 5.41) is 3.53. The number of nitrogens with zero attached hydrogens (tertiary/aromatic N) is 3. The van der Waals surface area contributed by atoms with Crippen molar-refractivity contribution in [3.63, 3.8) is 0 Å². The predicted octanol–water partition coefficient (Wildman–Crippen LogP) is 2.82. The molecule has 6 heteroatoms. The number of benzene rings is 1. The van der Waals surface area contributed by atoms with E-state index in [9.17, 15) is 0 Å². The van der Waals surface area contributed by atoms with Crippen molar-refractivity contribution in [2.75, 3.05) is 25.1 Å². The molecule has 24 heavy (non-hydrogen) atoms. The number of H-pyrrole nitrogens is 1. The molecule has 1 aliphatic rings. The molecule has 1 fully saturated rings. The summed E-state index contributed by atoms with van der Waals surface area (Å²) in [6.45, 7) is 4.58. The van der Waals surface area contributed by atoms with Gasteiger partial charge in [0.25, 0.3) is 0 Å². The fraction of sp³-hybridized carbons (Fsp3) is 0.389. The summed E-state index contributed by atoms with van der Waals surface area (Å²) in [5.74, 6) is 0.803. The molecular weight excluding hydrogens is 302 g/mol. The van der Waals surface area contributed by atoms with Gasteiger partial charge in [0.05, 0.1) is 6.33 Å². The van der Waals surface area contributed by atoms with Crippen LogP contribution < -0.4 is 5.32 Å². The number of hydrogen-bond acceptors (Lipinski definition) is 5. The van der Waals surface area contributed by atoms with E-state index in [1.165, 1.54) is 11.1 Å². The van der Waals surface area contributed by atoms with Crippen molar-refractivity contribution in [2.24, 2.45) is 0 Å². The molecule has 0 saturated carbocycles. The molecule has 0 atom stereocenters. The van der Waals surface area contributed by atoms with Crippen molar-refractivity contribution in [3.8, 4) is 0 Å². The third-order valence-electron chi connectivity index (χ3n) is 4.98. The van der Waals surface area contributed by atoms with Gasteiger partial charge < -0.3 is 15.0 Å². The number of ether oxygens (including phenoxy) is 1. The van der Waals surface area contributed by atoms with E-state index >= 15 is 0 Å². The Kier molecular flexibility index (Phi) is 3.90. The average Bonchev–Trinajstić information content (AvgIpc) is 3.10. The second-order valence-electron chi connectivity index (χ2n) is 6.38. The Morgan fingerprint density at radius 2 is 2.00 bits per heavy atom. The van der Waals surface area contributed by atoms with E-state index in [0.29, 0.717) is 5.65 Å². The molecule has 0 bridgehead atoms. The topological polar surface area (TPSA) is 75.7 Å². The average molecular weight is 323 g/mol. The van der Waals surface area contributed by atoms with Crippen LogP contribution in [0.2, 0.25) is 0 Å². The lowest BCUT2D eigenvalue weighted by molar-refractivity contribution is 0.0542. The lowest BCUT2D eigenvalue weighted by Gasteiger charge is -2.39. The van der Waals surface area contributed by atoms with E-state index in [0.717, 1.165) is 43.9 Å². The lowest BCUT2D eigenvalue weighted by atomic mass is 9.72. The molecule has 0 radical (unpaired) electrons. The minimum absolute atomic E-state index is 0.0564. The molecule has 0 spiro atoms. The maximum absolute atomic E-state index is 5.63. The van der Waals surface area contributed by atoms with Gasteiger partial charge in [0.1, 0.15) is 11.8 Å². The Morgan fingerprint density at radius 3 is 2.83 bits per heavy atom. The molecule has 3 aromatic rings. The van der Waals surface area contributed by atoms with Gasteiger partial charge >= 0.3 is 0 Å². The fourth-order valence-corrected chi connectivity index (χ4v) is 3.62. The molecule has 2 N–H and O–H groups in total. The zero-order valence-electron chi connectivity index (χ0n) is 13.7. The highest BCUT2D eigenvalue weighted by Crippen LogP contribution is 2.37. The molecular formula is C18H21N5O. The summed E-state index contributed by atoms with van der Waals surface area (Å²) in [5.41, 5.74) is 4.32. The van der Waals surface area contributed by atoms with E-state index in [1.807, 2.05) is 0 Å². The van der Waals surface area contributed by atoms with Crippen molar-refractivity contribution in [3.05, 3.63) is 48.0 Å². The van der Waals surface area contributed by atoms with E-state index in [-0.39, 0.29) is 5.41 Å². The van der Waals surface area contributed by atoms with Crippen LogP contribution in [0, 0.1) is 6.92 Å². The first kappa shape index (κ1) is 15.1. The maximum atomic E-state index is 5.63. The largest absolute Gasteiger partial charge is 0.381 e. The van der Waals surface area contributed by atoms with Crippen LogP contribution >= 0.6 is 0 Å². The van der Waals surface area contributed by atoms with Gasteiger partial charge in [0, 0.05) is 25.2 Å². The first-order valence-corrected chi connectivity index (χ1v) is 8.30. The van der Waals surface area contributed by atoms with Crippen LogP contribution in [0.4, 0.5) is 5.82 Å². The number of rotatable bonds is 4. The molecule has 124 valence electrons. The third kappa shape index (κ3) is 2.63. The smallest absolute Gasteiger partial charge is 0.182 e. The summed E-state index contributed by atoms with van der Waals surface area (Å²) in [7, 11) is 0. The van der Waals surface area contributed by atoms with Crippen LogP contribution in [0.1, 0.15) is 24.0 Å². The normalized spacial score (nSPS) is 17.0. The van der Waals surface area contributed by atoms with Crippen molar-refractivity contribution in [2.45, 2.75) is 25.2 Å². The van der Waals surface area contributed by atoms with Gasteiger partial charge in [0.15, 0.2) is 11.5 Å². The third-order valence-corrected chi connectivity index (χ3v) is 4.98. The maximum Gasteiger partial charge on any atom is 0.182 e. The number of nitrogens with one attached hydrogen (secondary N) is 2. The van der Waals surface area contributed by atoms with Crippen LogP contribution in [0.25, 0.3) is 11.2 Å². The first-order valence-electron chi connectivity index (χ1n) is 8.30. The summed E-state index contributed by atoms with van der Waals surface area (Å²) in [6.07, 6.45) is 5.20. The second-order valence-corrected chi connectivity index (χ2v) is 6.38.